The Bertz CT molecular complexity index is 734. The molecule has 0 fully saturated rings. The van der Waals surface area contributed by atoms with Crippen LogP contribution in [0.3, 0.4) is 0 Å². The Hall–Kier alpha value is -1.71. The highest BCUT2D eigenvalue weighted by molar-refractivity contribution is 7.81. The SMILES string of the molecule is C=C(C(=O)OC(OCCCCC(F)(F)C(F)(F)S)(C(=O)N(CC)C(C)C)C(F)(F)F)C(F)(F)F. The van der Waals surface area contributed by atoms with E-state index in [1.807, 2.05) is 0 Å². The summed E-state index contributed by atoms with van der Waals surface area (Å²) in [6.07, 6.45) is -14.6. The highest BCUT2D eigenvalue weighted by atomic mass is 32.1. The summed E-state index contributed by atoms with van der Waals surface area (Å²) in [6, 6.07) is -0.969. The molecule has 1 amide bonds. The molecule has 200 valence electrons. The Morgan fingerprint density at radius 1 is 0.971 bits per heavy atom. The van der Waals surface area contributed by atoms with Gasteiger partial charge in [-0.05, 0) is 33.6 Å². The molecule has 0 aliphatic carbocycles. The lowest BCUT2D eigenvalue weighted by molar-refractivity contribution is -0.351. The molecular weight excluding hydrogens is 516 g/mol. The summed E-state index contributed by atoms with van der Waals surface area (Å²) >= 11 is 2.43. The third kappa shape index (κ3) is 7.92. The predicted octanol–water partition coefficient (Wildman–Crippen LogP) is 5.51. The molecule has 0 aromatic rings. The molecule has 0 radical (unpaired) electrons. The number of rotatable bonds is 12. The molecule has 0 spiro atoms. The zero-order valence-corrected chi connectivity index (χ0v) is 19.0. The van der Waals surface area contributed by atoms with Crippen LogP contribution in [-0.4, -0.2) is 65.3 Å². The van der Waals surface area contributed by atoms with Crippen LogP contribution >= 0.6 is 12.6 Å². The smallest absolute Gasteiger partial charge is 0.412 e. The molecule has 0 rings (SSSR count). The molecule has 0 saturated carbocycles. The maximum absolute atomic E-state index is 14.0. The Morgan fingerprint density at radius 3 is 1.82 bits per heavy atom. The first-order valence-corrected chi connectivity index (χ1v) is 9.99. The molecule has 0 saturated heterocycles. The lowest BCUT2D eigenvalue weighted by Gasteiger charge is -2.38. The molecule has 0 heterocycles. The number of carbonyl (C=O) groups excluding carboxylic acids is 2. The van der Waals surface area contributed by atoms with Crippen molar-refractivity contribution in [3.8, 4) is 0 Å². The topological polar surface area (TPSA) is 55.8 Å². The molecule has 0 aromatic heterocycles. The summed E-state index contributed by atoms with van der Waals surface area (Å²) in [6.45, 7) is 4.32. The van der Waals surface area contributed by atoms with Crippen LogP contribution in [0.25, 0.3) is 0 Å². The van der Waals surface area contributed by atoms with Crippen LogP contribution in [0.4, 0.5) is 43.9 Å². The Labute approximate surface area is 193 Å². The van der Waals surface area contributed by atoms with E-state index in [1.165, 1.54) is 20.8 Å². The number of amides is 1. The average molecular weight is 539 g/mol. The average Bonchev–Trinajstić information content (AvgIpc) is 2.63. The van der Waals surface area contributed by atoms with Gasteiger partial charge in [-0.2, -0.15) is 43.9 Å². The summed E-state index contributed by atoms with van der Waals surface area (Å²) in [5.41, 5.74) is -2.37. The van der Waals surface area contributed by atoms with Crippen molar-refractivity contribution < 1.29 is 63.0 Å². The molecule has 0 aromatic carbocycles. The lowest BCUT2D eigenvalue weighted by atomic mass is 10.1. The fourth-order valence-electron chi connectivity index (χ4n) is 2.45. The molecule has 34 heavy (non-hydrogen) atoms. The van der Waals surface area contributed by atoms with Crippen LogP contribution in [0.2, 0.25) is 0 Å². The number of unbranched alkanes of at least 4 members (excludes halogenated alkanes) is 1. The van der Waals surface area contributed by atoms with E-state index in [1.54, 1.807) is 0 Å². The number of thiol groups is 1. The fourth-order valence-corrected chi connectivity index (χ4v) is 2.56. The summed E-state index contributed by atoms with van der Waals surface area (Å²) in [7, 11) is 0. The molecular formula is C18H23F10NO4S. The number of hydrogen-bond acceptors (Lipinski definition) is 5. The van der Waals surface area contributed by atoms with E-state index in [0.29, 0.717) is 4.90 Å². The molecule has 1 unspecified atom stereocenters. The van der Waals surface area contributed by atoms with Crippen molar-refractivity contribution in [2.24, 2.45) is 0 Å². The number of halogens is 10. The largest absolute Gasteiger partial charge is 0.466 e. The van der Waals surface area contributed by atoms with Crippen LogP contribution < -0.4 is 0 Å². The van der Waals surface area contributed by atoms with Gasteiger partial charge in [0, 0.05) is 19.0 Å². The number of alkyl halides is 10. The van der Waals surface area contributed by atoms with E-state index < -0.39 is 85.2 Å². The van der Waals surface area contributed by atoms with Crippen molar-refractivity contribution in [1.29, 1.82) is 0 Å². The first-order chi connectivity index (χ1) is 15.0. The number of carbonyl (C=O) groups is 2. The Balaban J connectivity index is 6.01. The lowest BCUT2D eigenvalue weighted by Crippen LogP contribution is -2.63. The van der Waals surface area contributed by atoms with Gasteiger partial charge in [0.05, 0.1) is 6.61 Å². The van der Waals surface area contributed by atoms with E-state index in [2.05, 4.69) is 28.7 Å². The molecule has 0 aliphatic heterocycles. The normalized spacial score (nSPS) is 15.1. The molecule has 16 heteroatoms. The molecule has 0 N–H and O–H groups in total. The van der Waals surface area contributed by atoms with Gasteiger partial charge in [0.25, 0.3) is 0 Å². The minimum Gasteiger partial charge on any atom is -0.412 e. The predicted molar refractivity (Wildman–Crippen MR) is 101 cm³/mol. The van der Waals surface area contributed by atoms with E-state index >= 15 is 0 Å². The molecule has 1 atom stereocenters. The van der Waals surface area contributed by atoms with Crippen LogP contribution in [-0.2, 0) is 19.1 Å². The van der Waals surface area contributed by atoms with Crippen molar-refractivity contribution in [3.05, 3.63) is 12.2 Å². The minimum atomic E-state index is -5.93. The quantitative estimate of drug-likeness (QED) is 0.0888. The van der Waals surface area contributed by atoms with Crippen molar-refractivity contribution in [2.75, 3.05) is 13.2 Å². The van der Waals surface area contributed by atoms with Crippen LogP contribution in [0.1, 0.15) is 40.0 Å². The van der Waals surface area contributed by atoms with Gasteiger partial charge in [0.1, 0.15) is 5.57 Å². The number of nitrogens with zero attached hydrogens (tertiary/aromatic N) is 1. The molecule has 5 nitrogen and oxygen atoms in total. The second kappa shape index (κ2) is 11.4. The summed E-state index contributed by atoms with van der Waals surface area (Å²) in [4.78, 5) is 25.0. The van der Waals surface area contributed by atoms with Gasteiger partial charge in [0.2, 0.25) is 0 Å². The Kier molecular flexibility index (Phi) is 10.8. The van der Waals surface area contributed by atoms with Crippen molar-refractivity contribution >= 4 is 24.5 Å². The van der Waals surface area contributed by atoms with Crippen LogP contribution in [0.5, 0.6) is 0 Å². The molecule has 0 bridgehead atoms. The van der Waals surface area contributed by atoms with E-state index in [-0.39, 0.29) is 0 Å². The maximum Gasteiger partial charge on any atom is 0.466 e. The van der Waals surface area contributed by atoms with Gasteiger partial charge >= 0.3 is 41.2 Å². The second-order valence-electron chi connectivity index (χ2n) is 7.22. The van der Waals surface area contributed by atoms with Gasteiger partial charge in [-0.15, -0.1) is 0 Å². The van der Waals surface area contributed by atoms with Gasteiger partial charge in [-0.3, -0.25) is 4.79 Å². The first kappa shape index (κ1) is 32.3. The van der Waals surface area contributed by atoms with Crippen LogP contribution in [0, 0.1) is 0 Å². The number of ether oxygens (including phenoxy) is 2. The van der Waals surface area contributed by atoms with Crippen molar-refractivity contribution in [3.63, 3.8) is 0 Å². The van der Waals surface area contributed by atoms with Crippen molar-refractivity contribution in [2.45, 2.75) is 75.4 Å². The summed E-state index contributed by atoms with van der Waals surface area (Å²) in [5.74, 6) is -14.0. The minimum absolute atomic E-state index is 0.418. The van der Waals surface area contributed by atoms with E-state index in [0.717, 1.165) is 0 Å². The van der Waals surface area contributed by atoms with E-state index in [9.17, 15) is 53.5 Å². The summed E-state index contributed by atoms with van der Waals surface area (Å²) < 4.78 is 140. The zero-order valence-electron chi connectivity index (χ0n) is 18.1. The second-order valence-corrected chi connectivity index (χ2v) is 7.78. The standard InChI is InChI=1S/C18H23F10NO4S/c1-5-29(10(2)3)13(31)15(17(24,25)26,33-12(30)11(4)16(21,22)23)32-9-7-6-8-14(19,20)18(27,28)34/h10,34H,4-9H2,1-3H3. The Morgan fingerprint density at radius 2 is 1.47 bits per heavy atom. The number of esters is 1. The zero-order chi connectivity index (χ0) is 27.3. The number of hydrogen-bond donors (Lipinski definition) is 1. The van der Waals surface area contributed by atoms with Crippen LogP contribution in [0.15, 0.2) is 12.2 Å². The maximum atomic E-state index is 14.0. The van der Waals surface area contributed by atoms with Gasteiger partial charge in [-0.25, -0.2) is 4.79 Å². The van der Waals surface area contributed by atoms with Crippen molar-refractivity contribution in [1.82, 2.24) is 4.90 Å². The first-order valence-electron chi connectivity index (χ1n) is 9.54. The molecule has 0 aliphatic rings. The third-order valence-corrected chi connectivity index (χ3v) is 4.66. The monoisotopic (exact) mass is 539 g/mol. The van der Waals surface area contributed by atoms with Gasteiger partial charge < -0.3 is 14.4 Å². The van der Waals surface area contributed by atoms with Gasteiger partial charge in [0.15, 0.2) is 0 Å². The van der Waals surface area contributed by atoms with Gasteiger partial charge in [-0.1, -0.05) is 19.2 Å². The third-order valence-electron chi connectivity index (χ3n) is 4.34. The summed E-state index contributed by atoms with van der Waals surface area (Å²) in [5, 5.41) is -4.73. The highest BCUT2D eigenvalue weighted by Crippen LogP contribution is 2.42. The number of likely N-dealkylation sites (N-methyl/N-ethyl adjacent to an activating group) is 1. The fraction of sp³-hybridized carbons (Fsp3) is 0.778. The van der Waals surface area contributed by atoms with E-state index in [4.69, 9.17) is 0 Å². The highest BCUT2D eigenvalue weighted by Gasteiger charge is 2.68.